The number of aryl methyl sites for hydroxylation is 1. The molecule has 0 saturated heterocycles. The second-order valence-corrected chi connectivity index (χ2v) is 7.72. The molecule has 2 aromatic carbocycles. The molecular weight excluding hydrogens is 384 g/mol. The molecule has 0 fully saturated rings. The number of hydrogen-bond donors (Lipinski definition) is 0. The summed E-state index contributed by atoms with van der Waals surface area (Å²) in [6.07, 6.45) is 0. The highest BCUT2D eigenvalue weighted by atomic mass is 32.2. The number of non-ortho nitro benzene ring substituents is 1. The number of thioether (sulfide) groups is 1. The number of nitrogens with zero attached hydrogens (tertiary/aromatic N) is 2. The van der Waals surface area contributed by atoms with Crippen LogP contribution in [0.25, 0.3) is 0 Å². The largest absolute Gasteiger partial charge is 0.457 e. The van der Waals surface area contributed by atoms with Gasteiger partial charge in [-0.25, -0.2) is 9.78 Å². The standard InChI is InChI=1S/C19H16N2O4S2/c1-13-20-15(11-26-13)12-27-18-5-3-2-4-17(18)19(22)25-10-14-6-8-16(9-7-14)21(23)24/h2-9,11H,10,12H2,1H3. The van der Waals surface area contributed by atoms with Crippen LogP contribution < -0.4 is 0 Å². The van der Waals surface area contributed by atoms with Crippen LogP contribution in [0.2, 0.25) is 0 Å². The first-order valence-electron chi connectivity index (χ1n) is 8.06. The van der Waals surface area contributed by atoms with Crippen molar-refractivity contribution in [3.8, 4) is 0 Å². The number of hydrogen-bond acceptors (Lipinski definition) is 7. The fraction of sp³-hybridized carbons (Fsp3) is 0.158. The number of nitro benzene ring substituents is 1. The van der Waals surface area contributed by atoms with Gasteiger partial charge in [0.2, 0.25) is 0 Å². The van der Waals surface area contributed by atoms with Gasteiger partial charge in [-0.1, -0.05) is 12.1 Å². The molecule has 27 heavy (non-hydrogen) atoms. The molecule has 0 saturated carbocycles. The summed E-state index contributed by atoms with van der Waals surface area (Å²) in [6, 6.07) is 13.2. The van der Waals surface area contributed by atoms with Crippen LogP contribution in [0.5, 0.6) is 0 Å². The molecule has 0 aliphatic carbocycles. The molecule has 6 nitrogen and oxygen atoms in total. The van der Waals surface area contributed by atoms with Crippen LogP contribution in [-0.4, -0.2) is 15.9 Å². The molecule has 0 aliphatic rings. The third-order valence-corrected chi connectivity index (χ3v) is 5.60. The van der Waals surface area contributed by atoms with Crippen LogP contribution in [0.1, 0.15) is 26.6 Å². The van der Waals surface area contributed by atoms with Gasteiger partial charge in [0, 0.05) is 28.2 Å². The molecule has 0 atom stereocenters. The molecule has 3 rings (SSSR count). The Hall–Kier alpha value is -2.71. The highest BCUT2D eigenvalue weighted by Crippen LogP contribution is 2.27. The van der Waals surface area contributed by atoms with Crippen molar-refractivity contribution in [3.63, 3.8) is 0 Å². The lowest BCUT2D eigenvalue weighted by molar-refractivity contribution is -0.384. The van der Waals surface area contributed by atoms with Crippen LogP contribution in [0.4, 0.5) is 5.69 Å². The van der Waals surface area contributed by atoms with E-state index in [1.165, 1.54) is 23.9 Å². The smallest absolute Gasteiger partial charge is 0.339 e. The number of carbonyl (C=O) groups is 1. The monoisotopic (exact) mass is 400 g/mol. The summed E-state index contributed by atoms with van der Waals surface area (Å²) in [4.78, 5) is 27.9. The second kappa shape index (κ2) is 8.79. The molecule has 1 heterocycles. The maximum Gasteiger partial charge on any atom is 0.339 e. The predicted molar refractivity (Wildman–Crippen MR) is 105 cm³/mol. The van der Waals surface area contributed by atoms with E-state index in [4.69, 9.17) is 4.74 Å². The van der Waals surface area contributed by atoms with E-state index in [1.54, 1.807) is 35.6 Å². The zero-order valence-corrected chi connectivity index (χ0v) is 16.1. The van der Waals surface area contributed by atoms with Gasteiger partial charge in [0.25, 0.3) is 5.69 Å². The average molecular weight is 400 g/mol. The van der Waals surface area contributed by atoms with Gasteiger partial charge >= 0.3 is 5.97 Å². The van der Waals surface area contributed by atoms with Crippen LogP contribution in [0.15, 0.2) is 58.8 Å². The molecule has 1 aromatic heterocycles. The summed E-state index contributed by atoms with van der Waals surface area (Å²) in [5, 5.41) is 13.7. The van der Waals surface area contributed by atoms with Crippen molar-refractivity contribution in [2.45, 2.75) is 24.2 Å². The number of aromatic nitrogens is 1. The van der Waals surface area contributed by atoms with Gasteiger partial charge < -0.3 is 4.74 Å². The maximum absolute atomic E-state index is 12.5. The van der Waals surface area contributed by atoms with Crippen molar-refractivity contribution in [1.29, 1.82) is 0 Å². The van der Waals surface area contributed by atoms with Gasteiger partial charge in [-0.2, -0.15) is 0 Å². The Labute approximate surface area is 164 Å². The number of carbonyl (C=O) groups excluding carboxylic acids is 1. The summed E-state index contributed by atoms with van der Waals surface area (Å²) >= 11 is 3.14. The normalized spacial score (nSPS) is 10.6. The Bertz CT molecular complexity index is 954. The van der Waals surface area contributed by atoms with Crippen molar-refractivity contribution >= 4 is 34.8 Å². The second-order valence-electron chi connectivity index (χ2n) is 5.64. The van der Waals surface area contributed by atoms with E-state index in [0.29, 0.717) is 16.9 Å². The number of rotatable bonds is 7. The Morgan fingerprint density at radius 3 is 2.63 bits per heavy atom. The first-order valence-corrected chi connectivity index (χ1v) is 9.93. The first-order chi connectivity index (χ1) is 13.0. The molecular formula is C19H16N2O4S2. The van der Waals surface area contributed by atoms with E-state index in [1.807, 2.05) is 24.4 Å². The van der Waals surface area contributed by atoms with Gasteiger partial charge in [-0.05, 0) is 36.8 Å². The van der Waals surface area contributed by atoms with Gasteiger partial charge in [0.05, 0.1) is 21.2 Å². The lowest BCUT2D eigenvalue weighted by Crippen LogP contribution is -2.06. The minimum atomic E-state index is -0.465. The van der Waals surface area contributed by atoms with Crippen LogP contribution in [0, 0.1) is 17.0 Å². The molecule has 0 spiro atoms. The average Bonchev–Trinajstić information content (AvgIpc) is 3.10. The Morgan fingerprint density at radius 2 is 1.96 bits per heavy atom. The highest BCUT2D eigenvalue weighted by Gasteiger charge is 2.14. The van der Waals surface area contributed by atoms with Crippen LogP contribution in [-0.2, 0) is 17.1 Å². The number of thiazole rings is 1. The summed E-state index contributed by atoms with van der Waals surface area (Å²) < 4.78 is 5.38. The lowest BCUT2D eigenvalue weighted by Gasteiger charge is -2.09. The molecule has 3 aromatic rings. The quantitative estimate of drug-likeness (QED) is 0.240. The van der Waals surface area contributed by atoms with Gasteiger partial charge in [0.15, 0.2) is 0 Å². The first kappa shape index (κ1) is 19.1. The summed E-state index contributed by atoms with van der Waals surface area (Å²) in [5.74, 6) is 0.252. The Balaban J connectivity index is 1.63. The number of benzene rings is 2. The maximum atomic E-state index is 12.5. The summed E-state index contributed by atoms with van der Waals surface area (Å²) in [6.45, 7) is 2.02. The third kappa shape index (κ3) is 5.15. The number of esters is 1. The molecule has 0 radical (unpaired) electrons. The third-order valence-electron chi connectivity index (χ3n) is 3.67. The SMILES string of the molecule is Cc1nc(CSc2ccccc2C(=O)OCc2ccc([N+](=O)[O-])cc2)cs1. The molecule has 0 bridgehead atoms. The van der Waals surface area contributed by atoms with Crippen LogP contribution >= 0.6 is 23.1 Å². The number of ether oxygens (including phenoxy) is 1. The van der Waals surface area contributed by atoms with Crippen molar-refractivity contribution < 1.29 is 14.5 Å². The van der Waals surface area contributed by atoms with E-state index in [2.05, 4.69) is 4.98 Å². The molecule has 0 unspecified atom stereocenters. The van der Waals surface area contributed by atoms with Crippen LogP contribution in [0.3, 0.4) is 0 Å². The minimum Gasteiger partial charge on any atom is -0.457 e. The predicted octanol–water partition coefficient (Wildman–Crippen LogP) is 5.01. The van der Waals surface area contributed by atoms with E-state index in [-0.39, 0.29) is 12.3 Å². The van der Waals surface area contributed by atoms with E-state index in [9.17, 15) is 14.9 Å². The van der Waals surface area contributed by atoms with Gasteiger partial charge in [-0.15, -0.1) is 23.1 Å². The van der Waals surface area contributed by atoms with Gasteiger partial charge in [-0.3, -0.25) is 10.1 Å². The zero-order chi connectivity index (χ0) is 19.2. The van der Waals surface area contributed by atoms with Crippen molar-refractivity contribution in [2.75, 3.05) is 0 Å². The Kier molecular flexibility index (Phi) is 6.20. The summed E-state index contributed by atoms with van der Waals surface area (Å²) in [5.41, 5.74) is 2.18. The van der Waals surface area contributed by atoms with E-state index >= 15 is 0 Å². The highest BCUT2D eigenvalue weighted by molar-refractivity contribution is 7.98. The fourth-order valence-electron chi connectivity index (χ4n) is 2.33. The van der Waals surface area contributed by atoms with Crippen molar-refractivity contribution in [2.24, 2.45) is 0 Å². The Morgan fingerprint density at radius 1 is 1.22 bits per heavy atom. The molecule has 138 valence electrons. The zero-order valence-electron chi connectivity index (χ0n) is 14.5. The van der Waals surface area contributed by atoms with E-state index in [0.717, 1.165) is 15.6 Å². The number of nitro groups is 1. The fourth-order valence-corrected chi connectivity index (χ4v) is 3.98. The van der Waals surface area contributed by atoms with Crippen molar-refractivity contribution in [1.82, 2.24) is 4.98 Å². The summed E-state index contributed by atoms with van der Waals surface area (Å²) in [7, 11) is 0. The lowest BCUT2D eigenvalue weighted by atomic mass is 10.2. The topological polar surface area (TPSA) is 82.3 Å². The van der Waals surface area contributed by atoms with Crippen molar-refractivity contribution in [3.05, 3.63) is 85.9 Å². The van der Waals surface area contributed by atoms with E-state index < -0.39 is 10.9 Å². The minimum absolute atomic E-state index is 0.00380. The molecule has 0 amide bonds. The molecule has 0 N–H and O–H groups in total. The molecule has 0 aliphatic heterocycles. The molecule has 8 heteroatoms. The van der Waals surface area contributed by atoms with Gasteiger partial charge in [0.1, 0.15) is 6.61 Å².